The van der Waals surface area contributed by atoms with Gasteiger partial charge in [0.25, 0.3) is 0 Å². The van der Waals surface area contributed by atoms with E-state index in [0.717, 1.165) is 0 Å². The van der Waals surface area contributed by atoms with Crippen molar-refractivity contribution in [2.45, 2.75) is 19.3 Å². The molecule has 1 aromatic rings. The fourth-order valence-corrected chi connectivity index (χ4v) is 1.92. The van der Waals surface area contributed by atoms with E-state index in [1.807, 2.05) is 0 Å². The van der Waals surface area contributed by atoms with Crippen LogP contribution in [-0.2, 0) is 4.79 Å². The van der Waals surface area contributed by atoms with Crippen molar-refractivity contribution < 1.29 is 14.0 Å². The molecule has 0 heterocycles. The average Bonchev–Trinajstić information content (AvgIpc) is 2.64. The van der Waals surface area contributed by atoms with E-state index in [9.17, 15) is 14.0 Å². The summed E-state index contributed by atoms with van der Waals surface area (Å²) in [4.78, 5) is 22.9. The smallest absolute Gasteiger partial charge is 0.166 e. The van der Waals surface area contributed by atoms with Crippen LogP contribution in [0.5, 0.6) is 0 Å². The van der Waals surface area contributed by atoms with Crippen LogP contribution in [0.25, 0.3) is 0 Å². The first kappa shape index (κ1) is 10.0. The number of hydrogen-bond acceptors (Lipinski definition) is 2. The summed E-state index contributed by atoms with van der Waals surface area (Å²) < 4.78 is 12.9. The largest absolute Gasteiger partial charge is 0.300 e. The van der Waals surface area contributed by atoms with E-state index >= 15 is 0 Å². The van der Waals surface area contributed by atoms with Crippen LogP contribution < -0.4 is 0 Å². The highest BCUT2D eigenvalue weighted by molar-refractivity contribution is 6.01. The maximum absolute atomic E-state index is 12.9. The number of hydrogen-bond donors (Lipinski definition) is 0. The predicted molar refractivity (Wildman–Crippen MR) is 53.1 cm³/mol. The van der Waals surface area contributed by atoms with Crippen LogP contribution in [0.4, 0.5) is 4.39 Å². The maximum atomic E-state index is 12.9. The quantitative estimate of drug-likeness (QED) is 0.696. The van der Waals surface area contributed by atoms with Gasteiger partial charge in [-0.1, -0.05) is 12.1 Å². The Kier molecular flexibility index (Phi) is 2.62. The van der Waals surface area contributed by atoms with E-state index in [-0.39, 0.29) is 17.5 Å². The third kappa shape index (κ3) is 2.12. The van der Waals surface area contributed by atoms with Gasteiger partial charge in [0.05, 0.1) is 0 Å². The second-order valence-corrected chi connectivity index (χ2v) is 3.85. The van der Waals surface area contributed by atoms with Crippen LogP contribution in [0.15, 0.2) is 24.3 Å². The van der Waals surface area contributed by atoms with Gasteiger partial charge >= 0.3 is 0 Å². The second-order valence-electron chi connectivity index (χ2n) is 3.85. The van der Waals surface area contributed by atoms with Gasteiger partial charge in [0.15, 0.2) is 5.78 Å². The Labute approximate surface area is 87.1 Å². The van der Waals surface area contributed by atoms with Crippen molar-refractivity contribution in [1.29, 1.82) is 0 Å². The zero-order chi connectivity index (χ0) is 10.8. The third-order valence-electron chi connectivity index (χ3n) is 2.73. The molecule has 0 aliphatic heterocycles. The lowest BCUT2D eigenvalue weighted by Gasteiger charge is -2.06. The molecule has 1 unspecified atom stereocenters. The first-order valence-corrected chi connectivity index (χ1v) is 4.98. The highest BCUT2D eigenvalue weighted by Gasteiger charge is 2.28. The molecule has 1 aliphatic carbocycles. The fraction of sp³-hybridized carbons (Fsp3) is 0.333. The molecule has 1 fully saturated rings. The zero-order valence-electron chi connectivity index (χ0n) is 8.20. The van der Waals surface area contributed by atoms with Crippen molar-refractivity contribution in [3.8, 4) is 0 Å². The van der Waals surface area contributed by atoms with Crippen molar-refractivity contribution in [1.82, 2.24) is 0 Å². The number of Topliss-reactive ketones (excluding diaryl/α,β-unsaturated/α-hetero) is 2. The number of carbonyl (C=O) groups is 2. The van der Waals surface area contributed by atoms with E-state index in [4.69, 9.17) is 0 Å². The molecule has 0 N–H and O–H groups in total. The molecule has 2 rings (SSSR count). The van der Waals surface area contributed by atoms with Gasteiger partial charge in [0.2, 0.25) is 0 Å². The van der Waals surface area contributed by atoms with Crippen LogP contribution >= 0.6 is 0 Å². The average molecular weight is 206 g/mol. The fourth-order valence-electron chi connectivity index (χ4n) is 1.92. The summed E-state index contributed by atoms with van der Waals surface area (Å²) in [6.07, 6.45) is 1.40. The predicted octanol–water partition coefficient (Wildman–Crippen LogP) is 2.38. The number of halogens is 1. The second kappa shape index (κ2) is 3.93. The highest BCUT2D eigenvalue weighted by Crippen LogP contribution is 2.25. The Morgan fingerprint density at radius 3 is 2.80 bits per heavy atom. The molecule has 0 bridgehead atoms. The number of ketones is 2. The maximum Gasteiger partial charge on any atom is 0.166 e. The lowest BCUT2D eigenvalue weighted by atomic mass is 9.96. The Morgan fingerprint density at radius 1 is 1.40 bits per heavy atom. The highest BCUT2D eigenvalue weighted by atomic mass is 19.1. The summed E-state index contributed by atoms with van der Waals surface area (Å²) in [5, 5.41) is 0. The molecule has 0 radical (unpaired) electrons. The molecular weight excluding hydrogens is 195 g/mol. The minimum atomic E-state index is -0.412. The van der Waals surface area contributed by atoms with Crippen LogP contribution in [0.3, 0.4) is 0 Å². The molecule has 0 amide bonds. The first-order chi connectivity index (χ1) is 7.16. The van der Waals surface area contributed by atoms with Crippen LogP contribution in [0, 0.1) is 11.7 Å². The number of rotatable bonds is 2. The SMILES string of the molecule is O=C1CCC(C(=O)c2cccc(F)c2)C1. The normalized spacial score (nSPS) is 20.6. The van der Waals surface area contributed by atoms with Gasteiger partial charge in [-0.25, -0.2) is 4.39 Å². The molecule has 0 spiro atoms. The van der Waals surface area contributed by atoms with Gasteiger partial charge in [0.1, 0.15) is 11.6 Å². The van der Waals surface area contributed by atoms with Gasteiger partial charge in [0, 0.05) is 24.3 Å². The molecule has 1 saturated carbocycles. The van der Waals surface area contributed by atoms with Crippen LogP contribution in [0.1, 0.15) is 29.6 Å². The molecule has 78 valence electrons. The first-order valence-electron chi connectivity index (χ1n) is 4.98. The topological polar surface area (TPSA) is 34.1 Å². The summed E-state index contributed by atoms with van der Waals surface area (Å²) in [7, 11) is 0. The van der Waals surface area contributed by atoms with E-state index in [2.05, 4.69) is 0 Å². The minimum absolute atomic E-state index is 0.111. The molecule has 1 aliphatic rings. The monoisotopic (exact) mass is 206 g/mol. The van der Waals surface area contributed by atoms with Gasteiger partial charge in [-0.05, 0) is 18.6 Å². The molecule has 0 saturated heterocycles. The summed E-state index contributed by atoms with van der Waals surface area (Å²) in [5.41, 5.74) is 0.370. The van der Waals surface area contributed by atoms with Crippen molar-refractivity contribution in [3.63, 3.8) is 0 Å². The summed E-state index contributed by atoms with van der Waals surface area (Å²) in [6.45, 7) is 0. The van der Waals surface area contributed by atoms with E-state index in [1.54, 1.807) is 6.07 Å². The van der Waals surface area contributed by atoms with E-state index < -0.39 is 5.82 Å². The van der Waals surface area contributed by atoms with Gasteiger partial charge < -0.3 is 0 Å². The summed E-state index contributed by atoms with van der Waals surface area (Å²) in [5.74, 6) is -0.630. The van der Waals surface area contributed by atoms with Crippen molar-refractivity contribution >= 4 is 11.6 Å². The van der Waals surface area contributed by atoms with Crippen molar-refractivity contribution in [3.05, 3.63) is 35.6 Å². The Hall–Kier alpha value is -1.51. The van der Waals surface area contributed by atoms with E-state index in [1.165, 1.54) is 18.2 Å². The molecular formula is C12H11FO2. The standard InChI is InChI=1S/C12H11FO2/c13-10-3-1-2-8(6-10)12(15)9-4-5-11(14)7-9/h1-3,6,9H,4-5,7H2. The summed E-state index contributed by atoms with van der Waals surface area (Å²) >= 11 is 0. The van der Waals surface area contributed by atoms with Gasteiger partial charge in [-0.15, -0.1) is 0 Å². The molecule has 3 heteroatoms. The van der Waals surface area contributed by atoms with Gasteiger partial charge in [-0.2, -0.15) is 0 Å². The zero-order valence-corrected chi connectivity index (χ0v) is 8.20. The van der Waals surface area contributed by atoms with Crippen molar-refractivity contribution in [2.75, 3.05) is 0 Å². The molecule has 0 aromatic heterocycles. The number of benzene rings is 1. The molecule has 15 heavy (non-hydrogen) atoms. The summed E-state index contributed by atoms with van der Waals surface area (Å²) in [6, 6.07) is 5.63. The number of carbonyl (C=O) groups excluding carboxylic acids is 2. The third-order valence-corrected chi connectivity index (χ3v) is 2.73. The Morgan fingerprint density at radius 2 is 2.20 bits per heavy atom. The minimum Gasteiger partial charge on any atom is -0.300 e. The Bertz CT molecular complexity index is 412. The molecule has 1 aromatic carbocycles. The molecule has 2 nitrogen and oxygen atoms in total. The van der Waals surface area contributed by atoms with E-state index in [0.29, 0.717) is 24.8 Å². The Balaban J connectivity index is 2.17. The van der Waals surface area contributed by atoms with Crippen molar-refractivity contribution in [2.24, 2.45) is 5.92 Å². The van der Waals surface area contributed by atoms with Crippen LogP contribution in [-0.4, -0.2) is 11.6 Å². The lowest BCUT2D eigenvalue weighted by molar-refractivity contribution is -0.117. The van der Waals surface area contributed by atoms with Crippen LogP contribution in [0.2, 0.25) is 0 Å². The lowest BCUT2D eigenvalue weighted by Crippen LogP contribution is -2.11. The van der Waals surface area contributed by atoms with Gasteiger partial charge in [-0.3, -0.25) is 9.59 Å². The molecule has 1 atom stereocenters.